The summed E-state index contributed by atoms with van der Waals surface area (Å²) in [5, 5.41) is 2.76. The second-order valence-corrected chi connectivity index (χ2v) is 3.89. The molecule has 0 radical (unpaired) electrons. The molecular formula is C13H14N2O3. The Morgan fingerprint density at radius 2 is 2.22 bits per heavy atom. The van der Waals surface area contributed by atoms with E-state index < -0.39 is 11.5 Å². The largest absolute Gasteiger partial charge is 0.462 e. The van der Waals surface area contributed by atoms with Crippen molar-refractivity contribution in [3.63, 3.8) is 0 Å². The number of hydrogen-bond donors (Lipinski definition) is 1. The Balaban J connectivity index is 2.43. The first-order valence-corrected chi connectivity index (χ1v) is 5.68. The van der Waals surface area contributed by atoms with Crippen molar-refractivity contribution >= 4 is 5.97 Å². The highest BCUT2D eigenvalue weighted by Gasteiger charge is 2.15. The van der Waals surface area contributed by atoms with Gasteiger partial charge in [0.2, 0.25) is 0 Å². The smallest absolute Gasteiger partial charge is 0.345 e. The third-order valence-corrected chi connectivity index (χ3v) is 2.53. The fourth-order valence-electron chi connectivity index (χ4n) is 1.68. The standard InChI is InChI=1S/C13H14N2O3/c1-3-18-13(17)11-8-14-15(12(11)16)10-6-4-5-9(2)7-10/h4-8,14H,3H2,1-2H3. The Bertz CT molecular complexity index is 625. The monoisotopic (exact) mass is 246 g/mol. The van der Waals surface area contributed by atoms with Crippen molar-refractivity contribution in [3.05, 3.63) is 51.9 Å². The van der Waals surface area contributed by atoms with Crippen molar-refractivity contribution in [2.75, 3.05) is 6.61 Å². The third-order valence-electron chi connectivity index (χ3n) is 2.53. The van der Waals surface area contributed by atoms with Gasteiger partial charge in [-0.3, -0.25) is 9.89 Å². The van der Waals surface area contributed by atoms with Crippen LogP contribution in [0.4, 0.5) is 0 Å². The summed E-state index contributed by atoms with van der Waals surface area (Å²) in [6.07, 6.45) is 1.36. The summed E-state index contributed by atoms with van der Waals surface area (Å²) >= 11 is 0. The molecule has 2 rings (SSSR count). The number of aromatic amines is 1. The molecule has 0 unspecified atom stereocenters. The van der Waals surface area contributed by atoms with Gasteiger partial charge in [-0.2, -0.15) is 0 Å². The summed E-state index contributed by atoms with van der Waals surface area (Å²) in [4.78, 5) is 23.5. The maximum atomic E-state index is 12.0. The van der Waals surface area contributed by atoms with Crippen LogP contribution in [0.25, 0.3) is 5.69 Å². The molecule has 0 aliphatic heterocycles. The van der Waals surface area contributed by atoms with Gasteiger partial charge in [-0.15, -0.1) is 0 Å². The Labute approximate surface area is 104 Å². The number of carbonyl (C=O) groups excluding carboxylic acids is 1. The van der Waals surface area contributed by atoms with Crippen LogP contribution in [0.3, 0.4) is 0 Å². The summed E-state index contributed by atoms with van der Waals surface area (Å²) in [6.45, 7) is 3.88. The van der Waals surface area contributed by atoms with E-state index in [0.717, 1.165) is 5.56 Å². The molecule has 0 saturated carbocycles. The lowest BCUT2D eigenvalue weighted by Gasteiger charge is -2.02. The molecule has 5 nitrogen and oxygen atoms in total. The Kier molecular flexibility index (Phi) is 3.32. The molecule has 0 spiro atoms. The molecule has 0 amide bonds. The molecular weight excluding hydrogens is 232 g/mol. The second-order valence-electron chi connectivity index (χ2n) is 3.89. The average Bonchev–Trinajstić information content (AvgIpc) is 2.71. The first-order valence-electron chi connectivity index (χ1n) is 5.68. The normalized spacial score (nSPS) is 10.3. The molecule has 18 heavy (non-hydrogen) atoms. The molecule has 0 fully saturated rings. The van der Waals surface area contributed by atoms with Gasteiger partial charge in [0.15, 0.2) is 0 Å². The van der Waals surface area contributed by atoms with Gasteiger partial charge in [-0.05, 0) is 31.5 Å². The van der Waals surface area contributed by atoms with E-state index in [9.17, 15) is 9.59 Å². The molecule has 2 aromatic rings. The molecule has 5 heteroatoms. The number of aryl methyl sites for hydroxylation is 1. The molecule has 0 bridgehead atoms. The first kappa shape index (κ1) is 12.2. The quantitative estimate of drug-likeness (QED) is 0.837. The van der Waals surface area contributed by atoms with Crippen LogP contribution in [0.2, 0.25) is 0 Å². The zero-order chi connectivity index (χ0) is 13.1. The van der Waals surface area contributed by atoms with Crippen molar-refractivity contribution in [1.82, 2.24) is 9.78 Å². The summed E-state index contributed by atoms with van der Waals surface area (Å²) in [7, 11) is 0. The molecule has 0 saturated heterocycles. The van der Waals surface area contributed by atoms with Gasteiger partial charge in [-0.1, -0.05) is 12.1 Å². The third kappa shape index (κ3) is 2.20. The maximum Gasteiger partial charge on any atom is 0.345 e. The zero-order valence-electron chi connectivity index (χ0n) is 10.3. The molecule has 0 aliphatic carbocycles. The minimum absolute atomic E-state index is 0.0124. The van der Waals surface area contributed by atoms with Crippen LogP contribution in [-0.4, -0.2) is 22.4 Å². The van der Waals surface area contributed by atoms with Crippen molar-refractivity contribution in [1.29, 1.82) is 0 Å². The minimum atomic E-state index is -0.606. The Morgan fingerprint density at radius 3 is 2.89 bits per heavy atom. The van der Waals surface area contributed by atoms with Gasteiger partial charge in [0.1, 0.15) is 5.56 Å². The van der Waals surface area contributed by atoms with Crippen LogP contribution in [0.5, 0.6) is 0 Å². The lowest BCUT2D eigenvalue weighted by atomic mass is 10.2. The summed E-state index contributed by atoms with van der Waals surface area (Å²) in [5.41, 5.74) is 1.33. The Morgan fingerprint density at radius 1 is 1.44 bits per heavy atom. The van der Waals surface area contributed by atoms with Crippen LogP contribution < -0.4 is 5.56 Å². The second kappa shape index (κ2) is 4.91. The number of ether oxygens (including phenoxy) is 1. The van der Waals surface area contributed by atoms with Gasteiger partial charge in [0.25, 0.3) is 5.56 Å². The van der Waals surface area contributed by atoms with Crippen LogP contribution in [0.1, 0.15) is 22.8 Å². The number of rotatable bonds is 3. The van der Waals surface area contributed by atoms with Crippen LogP contribution >= 0.6 is 0 Å². The minimum Gasteiger partial charge on any atom is -0.462 e. The highest BCUT2D eigenvalue weighted by atomic mass is 16.5. The summed E-state index contributed by atoms with van der Waals surface area (Å²) in [6, 6.07) is 7.43. The Hall–Kier alpha value is -2.30. The number of hydrogen-bond acceptors (Lipinski definition) is 3. The van der Waals surface area contributed by atoms with Gasteiger partial charge >= 0.3 is 5.97 Å². The molecule has 1 aromatic heterocycles. The van der Waals surface area contributed by atoms with Gasteiger partial charge in [0.05, 0.1) is 12.3 Å². The SMILES string of the molecule is CCOC(=O)c1c[nH]n(-c2cccc(C)c2)c1=O. The number of aromatic nitrogens is 2. The fraction of sp³-hybridized carbons (Fsp3) is 0.231. The van der Waals surface area contributed by atoms with E-state index in [1.54, 1.807) is 13.0 Å². The van der Waals surface area contributed by atoms with E-state index in [1.165, 1.54) is 10.9 Å². The number of benzene rings is 1. The lowest BCUT2D eigenvalue weighted by molar-refractivity contribution is 0.0525. The topological polar surface area (TPSA) is 64.1 Å². The molecule has 1 N–H and O–H groups in total. The van der Waals surface area contributed by atoms with E-state index in [-0.39, 0.29) is 12.2 Å². The molecule has 1 aromatic carbocycles. The van der Waals surface area contributed by atoms with E-state index in [4.69, 9.17) is 4.74 Å². The highest BCUT2D eigenvalue weighted by molar-refractivity contribution is 5.88. The first-order chi connectivity index (χ1) is 8.63. The predicted molar refractivity (Wildman–Crippen MR) is 67.1 cm³/mol. The van der Waals surface area contributed by atoms with Crippen LogP contribution in [-0.2, 0) is 4.74 Å². The van der Waals surface area contributed by atoms with Crippen molar-refractivity contribution in [2.24, 2.45) is 0 Å². The molecule has 1 heterocycles. The average molecular weight is 246 g/mol. The summed E-state index contributed by atoms with van der Waals surface area (Å²) in [5.74, 6) is -0.606. The van der Waals surface area contributed by atoms with Gasteiger partial charge in [-0.25, -0.2) is 9.48 Å². The van der Waals surface area contributed by atoms with Crippen molar-refractivity contribution in [3.8, 4) is 5.69 Å². The summed E-state index contributed by atoms with van der Waals surface area (Å²) < 4.78 is 6.13. The molecule has 0 atom stereocenters. The van der Waals surface area contributed by atoms with E-state index in [2.05, 4.69) is 5.10 Å². The number of nitrogens with one attached hydrogen (secondary N) is 1. The zero-order valence-corrected chi connectivity index (χ0v) is 10.3. The van der Waals surface area contributed by atoms with E-state index in [1.807, 2.05) is 25.1 Å². The van der Waals surface area contributed by atoms with Crippen LogP contribution in [0, 0.1) is 6.92 Å². The number of H-pyrrole nitrogens is 1. The van der Waals surface area contributed by atoms with E-state index in [0.29, 0.717) is 5.69 Å². The molecule has 94 valence electrons. The van der Waals surface area contributed by atoms with Gasteiger partial charge in [0, 0.05) is 6.20 Å². The number of nitrogens with zero attached hydrogens (tertiary/aromatic N) is 1. The predicted octanol–water partition coefficient (Wildman–Crippen LogP) is 1.65. The number of esters is 1. The fourth-order valence-corrected chi connectivity index (χ4v) is 1.68. The van der Waals surface area contributed by atoms with Gasteiger partial charge < -0.3 is 4.74 Å². The lowest BCUT2D eigenvalue weighted by Crippen LogP contribution is -2.21. The maximum absolute atomic E-state index is 12.0. The highest BCUT2D eigenvalue weighted by Crippen LogP contribution is 2.07. The molecule has 0 aliphatic rings. The van der Waals surface area contributed by atoms with Crippen molar-refractivity contribution < 1.29 is 9.53 Å². The van der Waals surface area contributed by atoms with Crippen molar-refractivity contribution in [2.45, 2.75) is 13.8 Å². The van der Waals surface area contributed by atoms with Crippen LogP contribution in [0.15, 0.2) is 35.3 Å². The number of carbonyl (C=O) groups is 1. The van der Waals surface area contributed by atoms with E-state index >= 15 is 0 Å².